The molecule has 5 heteroatoms. The number of hydrogen-bond donors (Lipinski definition) is 1. The largest absolute Gasteiger partial charge is 0.320 e. The molecule has 0 atom stereocenters. The van der Waals surface area contributed by atoms with Crippen molar-refractivity contribution in [2.45, 2.75) is 0 Å². The van der Waals surface area contributed by atoms with Crippen molar-refractivity contribution in [2.24, 2.45) is 0 Å². The second-order valence-electron chi connectivity index (χ2n) is 4.18. The lowest BCUT2D eigenvalue weighted by Gasteiger charge is -2.11. The third kappa shape index (κ3) is 2.42. The Kier molecular flexibility index (Phi) is 3.24. The number of nitrogens with one attached hydrogen (secondary N) is 1. The quantitative estimate of drug-likeness (QED) is 0.790. The van der Waals surface area contributed by atoms with Gasteiger partial charge in [-0.15, -0.1) is 0 Å². The van der Waals surface area contributed by atoms with E-state index < -0.39 is 0 Å². The van der Waals surface area contributed by atoms with Gasteiger partial charge in [-0.2, -0.15) is 0 Å². The number of rotatable bonds is 3. The molecule has 5 nitrogen and oxygen atoms in total. The van der Waals surface area contributed by atoms with Crippen LogP contribution in [0.15, 0.2) is 67.5 Å². The molecule has 0 saturated carbocycles. The summed E-state index contributed by atoms with van der Waals surface area (Å²) in [5, 5.41) is 2.90. The summed E-state index contributed by atoms with van der Waals surface area (Å²) in [6, 6.07) is 10.9. The third-order valence-electron chi connectivity index (χ3n) is 2.88. The highest BCUT2D eigenvalue weighted by molar-refractivity contribution is 6.05. The SMILES string of the molecule is O=C(Nc1ccccc1-n1ccnc1)c1ccncc1. The second-order valence-corrected chi connectivity index (χ2v) is 4.18. The number of para-hydroxylation sites is 2. The van der Waals surface area contributed by atoms with Crippen LogP contribution in [0.2, 0.25) is 0 Å². The predicted octanol–water partition coefficient (Wildman–Crippen LogP) is 2.52. The van der Waals surface area contributed by atoms with E-state index in [-0.39, 0.29) is 5.91 Å². The van der Waals surface area contributed by atoms with E-state index >= 15 is 0 Å². The molecule has 1 aromatic carbocycles. The molecular formula is C15H12N4O. The van der Waals surface area contributed by atoms with Crippen molar-refractivity contribution in [1.29, 1.82) is 0 Å². The van der Waals surface area contributed by atoms with Crippen LogP contribution in [0.3, 0.4) is 0 Å². The highest BCUT2D eigenvalue weighted by Crippen LogP contribution is 2.20. The van der Waals surface area contributed by atoms with Crippen molar-refractivity contribution >= 4 is 11.6 Å². The minimum absolute atomic E-state index is 0.167. The molecule has 0 aliphatic carbocycles. The summed E-state index contributed by atoms with van der Waals surface area (Å²) < 4.78 is 1.85. The normalized spacial score (nSPS) is 10.2. The average Bonchev–Trinajstić information content (AvgIpc) is 3.03. The lowest BCUT2D eigenvalue weighted by molar-refractivity contribution is 0.102. The molecule has 2 aromatic heterocycles. The van der Waals surface area contributed by atoms with Crippen LogP contribution < -0.4 is 5.32 Å². The van der Waals surface area contributed by atoms with E-state index in [2.05, 4.69) is 15.3 Å². The number of nitrogens with zero attached hydrogens (tertiary/aromatic N) is 3. The summed E-state index contributed by atoms with van der Waals surface area (Å²) in [5.74, 6) is -0.167. The molecule has 0 aliphatic heterocycles. The van der Waals surface area contributed by atoms with Crippen molar-refractivity contribution < 1.29 is 4.79 Å². The molecule has 1 N–H and O–H groups in total. The zero-order chi connectivity index (χ0) is 13.8. The van der Waals surface area contributed by atoms with Crippen LogP contribution in [0.5, 0.6) is 0 Å². The summed E-state index contributed by atoms with van der Waals surface area (Å²) in [5.41, 5.74) is 2.17. The van der Waals surface area contributed by atoms with Gasteiger partial charge in [0, 0.05) is 30.4 Å². The van der Waals surface area contributed by atoms with Gasteiger partial charge < -0.3 is 9.88 Å². The van der Waals surface area contributed by atoms with Gasteiger partial charge in [-0.1, -0.05) is 12.1 Å². The number of carbonyl (C=O) groups excluding carboxylic acids is 1. The Bertz CT molecular complexity index is 708. The van der Waals surface area contributed by atoms with Crippen LogP contribution in [-0.4, -0.2) is 20.4 Å². The van der Waals surface area contributed by atoms with Gasteiger partial charge in [0.15, 0.2) is 0 Å². The van der Waals surface area contributed by atoms with E-state index in [1.165, 1.54) is 0 Å². The molecule has 0 saturated heterocycles. The number of imidazole rings is 1. The maximum absolute atomic E-state index is 12.2. The average molecular weight is 264 g/mol. The van der Waals surface area contributed by atoms with Crippen molar-refractivity contribution in [2.75, 3.05) is 5.32 Å². The zero-order valence-corrected chi connectivity index (χ0v) is 10.6. The van der Waals surface area contributed by atoms with Crippen molar-refractivity contribution in [3.8, 4) is 5.69 Å². The second kappa shape index (κ2) is 5.36. The number of amides is 1. The molecule has 0 fully saturated rings. The maximum atomic E-state index is 12.2. The molecule has 3 rings (SSSR count). The van der Waals surface area contributed by atoms with Crippen LogP contribution in [0.1, 0.15) is 10.4 Å². The van der Waals surface area contributed by atoms with E-state index in [0.29, 0.717) is 5.56 Å². The number of pyridine rings is 1. The molecule has 0 unspecified atom stereocenters. The summed E-state index contributed by atoms with van der Waals surface area (Å²) in [7, 11) is 0. The Balaban J connectivity index is 1.90. The van der Waals surface area contributed by atoms with Crippen LogP contribution in [0.4, 0.5) is 5.69 Å². The third-order valence-corrected chi connectivity index (χ3v) is 2.88. The highest BCUT2D eigenvalue weighted by atomic mass is 16.1. The van der Waals surface area contributed by atoms with E-state index in [1.54, 1.807) is 37.1 Å². The van der Waals surface area contributed by atoms with Gasteiger partial charge in [0.05, 0.1) is 17.7 Å². The first-order chi connectivity index (χ1) is 9.84. The number of benzene rings is 1. The van der Waals surface area contributed by atoms with Gasteiger partial charge in [0.25, 0.3) is 5.91 Å². The van der Waals surface area contributed by atoms with Crippen LogP contribution in [0, 0.1) is 0 Å². The molecule has 98 valence electrons. The molecule has 3 aromatic rings. The maximum Gasteiger partial charge on any atom is 0.255 e. The fraction of sp³-hybridized carbons (Fsp3) is 0. The predicted molar refractivity (Wildman–Crippen MR) is 75.8 cm³/mol. The Labute approximate surface area is 115 Å². The lowest BCUT2D eigenvalue weighted by atomic mass is 10.2. The van der Waals surface area contributed by atoms with Gasteiger partial charge in [0.2, 0.25) is 0 Å². The Morgan fingerprint density at radius 1 is 1.00 bits per heavy atom. The summed E-state index contributed by atoms with van der Waals surface area (Å²) in [6.07, 6.45) is 8.41. The molecule has 0 bridgehead atoms. The van der Waals surface area contributed by atoms with Crippen molar-refractivity contribution in [3.63, 3.8) is 0 Å². The van der Waals surface area contributed by atoms with Crippen molar-refractivity contribution in [3.05, 3.63) is 73.1 Å². The van der Waals surface area contributed by atoms with Crippen molar-refractivity contribution in [1.82, 2.24) is 14.5 Å². The van der Waals surface area contributed by atoms with E-state index in [0.717, 1.165) is 11.4 Å². The first-order valence-corrected chi connectivity index (χ1v) is 6.13. The minimum atomic E-state index is -0.167. The summed E-state index contributed by atoms with van der Waals surface area (Å²) in [4.78, 5) is 20.1. The van der Waals surface area contributed by atoms with Crippen LogP contribution in [0.25, 0.3) is 5.69 Å². The highest BCUT2D eigenvalue weighted by Gasteiger charge is 2.09. The van der Waals surface area contributed by atoms with E-state index in [4.69, 9.17) is 0 Å². The first kappa shape index (κ1) is 12.1. The van der Waals surface area contributed by atoms with Gasteiger partial charge >= 0.3 is 0 Å². The van der Waals surface area contributed by atoms with E-state index in [1.807, 2.05) is 35.0 Å². The number of anilines is 1. The topological polar surface area (TPSA) is 59.8 Å². The number of carbonyl (C=O) groups is 1. The van der Waals surface area contributed by atoms with Crippen LogP contribution in [-0.2, 0) is 0 Å². The summed E-state index contributed by atoms with van der Waals surface area (Å²) >= 11 is 0. The zero-order valence-electron chi connectivity index (χ0n) is 10.6. The molecule has 0 radical (unpaired) electrons. The molecule has 2 heterocycles. The molecule has 1 amide bonds. The smallest absolute Gasteiger partial charge is 0.255 e. The lowest BCUT2D eigenvalue weighted by Crippen LogP contribution is -2.13. The standard InChI is InChI=1S/C15H12N4O/c20-15(12-5-7-16-8-6-12)18-13-3-1-2-4-14(13)19-10-9-17-11-19/h1-11H,(H,18,20). The number of hydrogen-bond acceptors (Lipinski definition) is 3. The fourth-order valence-electron chi connectivity index (χ4n) is 1.90. The molecule has 20 heavy (non-hydrogen) atoms. The number of aromatic nitrogens is 3. The van der Waals surface area contributed by atoms with Gasteiger partial charge in [0.1, 0.15) is 0 Å². The van der Waals surface area contributed by atoms with Gasteiger partial charge in [-0.05, 0) is 24.3 Å². The van der Waals surface area contributed by atoms with E-state index in [9.17, 15) is 4.79 Å². The Morgan fingerprint density at radius 3 is 2.55 bits per heavy atom. The van der Waals surface area contributed by atoms with Gasteiger partial charge in [-0.25, -0.2) is 4.98 Å². The molecule has 0 aliphatic rings. The van der Waals surface area contributed by atoms with Crippen LogP contribution >= 0.6 is 0 Å². The fourth-order valence-corrected chi connectivity index (χ4v) is 1.90. The Morgan fingerprint density at radius 2 is 1.80 bits per heavy atom. The minimum Gasteiger partial charge on any atom is -0.320 e. The molecular weight excluding hydrogens is 252 g/mol. The summed E-state index contributed by atoms with van der Waals surface area (Å²) in [6.45, 7) is 0. The van der Waals surface area contributed by atoms with Gasteiger partial charge in [-0.3, -0.25) is 9.78 Å². The monoisotopic (exact) mass is 264 g/mol. The first-order valence-electron chi connectivity index (χ1n) is 6.13. The Hall–Kier alpha value is -2.95. The molecule has 0 spiro atoms.